The predicted octanol–water partition coefficient (Wildman–Crippen LogP) is 0.809. The number of primary amides is 1. The smallest absolute Gasteiger partial charge is 0.248 e. The third-order valence-corrected chi connectivity index (χ3v) is 2.77. The molecule has 0 atom stereocenters. The standard InChI is InChI=1S/C13H16N4O/c1-17-12(5-6-16-17)9-15-8-10-3-2-4-11(7-10)13(14)18/h2-7,15H,8-9H2,1H3,(H2,14,18). The Bertz CT molecular complexity index is 547. The summed E-state index contributed by atoms with van der Waals surface area (Å²) in [5.41, 5.74) is 7.92. The molecule has 0 saturated carbocycles. The maximum Gasteiger partial charge on any atom is 0.248 e. The van der Waals surface area contributed by atoms with Crippen LogP contribution in [0.2, 0.25) is 0 Å². The Morgan fingerprint density at radius 3 is 2.89 bits per heavy atom. The summed E-state index contributed by atoms with van der Waals surface area (Å²) < 4.78 is 1.83. The summed E-state index contributed by atoms with van der Waals surface area (Å²) >= 11 is 0. The molecule has 1 aromatic carbocycles. The molecule has 94 valence electrons. The molecular weight excluding hydrogens is 228 g/mol. The lowest BCUT2D eigenvalue weighted by molar-refractivity contribution is 0.1000. The van der Waals surface area contributed by atoms with Crippen molar-refractivity contribution in [3.05, 3.63) is 53.3 Å². The monoisotopic (exact) mass is 244 g/mol. The molecule has 5 heteroatoms. The number of amides is 1. The van der Waals surface area contributed by atoms with Crippen LogP contribution in [-0.4, -0.2) is 15.7 Å². The van der Waals surface area contributed by atoms with E-state index in [2.05, 4.69) is 10.4 Å². The van der Waals surface area contributed by atoms with Crippen LogP contribution in [0.1, 0.15) is 21.6 Å². The van der Waals surface area contributed by atoms with Crippen molar-refractivity contribution in [2.75, 3.05) is 0 Å². The second-order valence-corrected chi connectivity index (χ2v) is 4.11. The van der Waals surface area contributed by atoms with Crippen molar-refractivity contribution in [1.82, 2.24) is 15.1 Å². The van der Waals surface area contributed by atoms with Gasteiger partial charge in [0.15, 0.2) is 0 Å². The summed E-state index contributed by atoms with van der Waals surface area (Å²) in [6.45, 7) is 1.42. The number of carbonyl (C=O) groups is 1. The first-order chi connectivity index (χ1) is 8.66. The summed E-state index contributed by atoms with van der Waals surface area (Å²) in [7, 11) is 1.91. The zero-order valence-electron chi connectivity index (χ0n) is 10.3. The molecule has 1 heterocycles. The highest BCUT2D eigenvalue weighted by molar-refractivity contribution is 5.92. The number of aromatic nitrogens is 2. The first kappa shape index (κ1) is 12.3. The first-order valence-corrected chi connectivity index (χ1v) is 5.73. The van der Waals surface area contributed by atoms with Gasteiger partial charge in [-0.3, -0.25) is 9.48 Å². The van der Waals surface area contributed by atoms with E-state index in [9.17, 15) is 4.79 Å². The van der Waals surface area contributed by atoms with Crippen LogP contribution in [0, 0.1) is 0 Å². The van der Waals surface area contributed by atoms with Crippen molar-refractivity contribution < 1.29 is 4.79 Å². The minimum absolute atomic E-state index is 0.400. The van der Waals surface area contributed by atoms with Crippen molar-refractivity contribution in [2.45, 2.75) is 13.1 Å². The lowest BCUT2D eigenvalue weighted by atomic mass is 10.1. The number of benzene rings is 1. The van der Waals surface area contributed by atoms with Crippen molar-refractivity contribution in [3.8, 4) is 0 Å². The van der Waals surface area contributed by atoms with Crippen LogP contribution in [-0.2, 0) is 20.1 Å². The SMILES string of the molecule is Cn1nccc1CNCc1cccc(C(N)=O)c1. The van der Waals surface area contributed by atoms with Crippen molar-refractivity contribution in [3.63, 3.8) is 0 Å². The van der Waals surface area contributed by atoms with Gasteiger partial charge in [-0.15, -0.1) is 0 Å². The molecule has 2 aromatic rings. The number of rotatable bonds is 5. The van der Waals surface area contributed by atoms with Gasteiger partial charge < -0.3 is 11.1 Å². The summed E-state index contributed by atoms with van der Waals surface area (Å²) in [5.74, 6) is -0.400. The zero-order valence-corrected chi connectivity index (χ0v) is 10.3. The van der Waals surface area contributed by atoms with Crippen LogP contribution in [0.5, 0.6) is 0 Å². The van der Waals surface area contributed by atoms with Gasteiger partial charge >= 0.3 is 0 Å². The predicted molar refractivity (Wildman–Crippen MR) is 68.7 cm³/mol. The topological polar surface area (TPSA) is 72.9 Å². The summed E-state index contributed by atoms with van der Waals surface area (Å²) in [4.78, 5) is 11.0. The second kappa shape index (κ2) is 5.46. The minimum Gasteiger partial charge on any atom is -0.366 e. The number of aryl methyl sites for hydroxylation is 1. The average molecular weight is 244 g/mol. The van der Waals surface area contributed by atoms with Crippen LogP contribution < -0.4 is 11.1 Å². The largest absolute Gasteiger partial charge is 0.366 e. The van der Waals surface area contributed by atoms with Crippen LogP contribution in [0.3, 0.4) is 0 Å². The van der Waals surface area contributed by atoms with E-state index in [1.54, 1.807) is 18.3 Å². The minimum atomic E-state index is -0.400. The van der Waals surface area contributed by atoms with Crippen molar-refractivity contribution >= 4 is 5.91 Å². The number of nitrogens with one attached hydrogen (secondary N) is 1. The van der Waals surface area contributed by atoms with E-state index in [-0.39, 0.29) is 0 Å². The molecular formula is C13H16N4O. The van der Waals surface area contributed by atoms with Crippen LogP contribution in [0.25, 0.3) is 0 Å². The molecule has 0 aliphatic rings. The highest BCUT2D eigenvalue weighted by atomic mass is 16.1. The van der Waals surface area contributed by atoms with E-state index in [0.717, 1.165) is 17.8 Å². The van der Waals surface area contributed by atoms with Crippen molar-refractivity contribution in [2.24, 2.45) is 12.8 Å². The molecule has 0 bridgehead atoms. The molecule has 5 nitrogen and oxygen atoms in total. The Morgan fingerprint density at radius 2 is 2.22 bits per heavy atom. The number of nitrogens with zero attached hydrogens (tertiary/aromatic N) is 2. The lowest BCUT2D eigenvalue weighted by Crippen LogP contribution is -2.16. The maximum absolute atomic E-state index is 11.0. The molecule has 1 aromatic heterocycles. The van der Waals surface area contributed by atoms with Gasteiger partial charge in [0.1, 0.15) is 0 Å². The zero-order chi connectivity index (χ0) is 13.0. The average Bonchev–Trinajstić information content (AvgIpc) is 2.76. The molecule has 18 heavy (non-hydrogen) atoms. The number of hydrogen-bond donors (Lipinski definition) is 2. The van der Waals surface area contributed by atoms with E-state index >= 15 is 0 Å². The normalized spacial score (nSPS) is 10.5. The lowest BCUT2D eigenvalue weighted by Gasteiger charge is -2.06. The number of carbonyl (C=O) groups excluding carboxylic acids is 1. The fourth-order valence-electron chi connectivity index (χ4n) is 1.74. The highest BCUT2D eigenvalue weighted by Crippen LogP contribution is 2.05. The van der Waals surface area contributed by atoms with E-state index in [4.69, 9.17) is 5.73 Å². The Morgan fingerprint density at radius 1 is 1.39 bits per heavy atom. The molecule has 0 saturated heterocycles. The van der Waals surface area contributed by atoms with Gasteiger partial charge in [0, 0.05) is 31.9 Å². The highest BCUT2D eigenvalue weighted by Gasteiger charge is 2.02. The Labute approximate surface area is 106 Å². The van der Waals surface area contributed by atoms with Crippen LogP contribution >= 0.6 is 0 Å². The van der Waals surface area contributed by atoms with Gasteiger partial charge in [0.2, 0.25) is 5.91 Å². The number of hydrogen-bond acceptors (Lipinski definition) is 3. The van der Waals surface area contributed by atoms with Gasteiger partial charge in [-0.25, -0.2) is 0 Å². The third kappa shape index (κ3) is 2.95. The molecule has 0 spiro atoms. The molecule has 0 aliphatic heterocycles. The molecule has 0 fully saturated rings. The quantitative estimate of drug-likeness (QED) is 0.817. The third-order valence-electron chi connectivity index (χ3n) is 2.77. The molecule has 0 aliphatic carbocycles. The molecule has 3 N–H and O–H groups in total. The van der Waals surface area contributed by atoms with Gasteiger partial charge in [-0.2, -0.15) is 5.10 Å². The fourth-order valence-corrected chi connectivity index (χ4v) is 1.74. The van der Waals surface area contributed by atoms with Crippen LogP contribution in [0.4, 0.5) is 0 Å². The summed E-state index contributed by atoms with van der Waals surface area (Å²) in [5, 5.41) is 7.39. The second-order valence-electron chi connectivity index (χ2n) is 4.11. The van der Waals surface area contributed by atoms with Gasteiger partial charge in [0.05, 0.1) is 5.69 Å². The molecule has 0 unspecified atom stereocenters. The maximum atomic E-state index is 11.0. The first-order valence-electron chi connectivity index (χ1n) is 5.73. The summed E-state index contributed by atoms with van der Waals surface area (Å²) in [6, 6.07) is 9.28. The van der Waals surface area contributed by atoms with Crippen molar-refractivity contribution in [1.29, 1.82) is 0 Å². The van der Waals surface area contributed by atoms with E-state index < -0.39 is 5.91 Å². The van der Waals surface area contributed by atoms with Gasteiger partial charge in [0.25, 0.3) is 0 Å². The van der Waals surface area contributed by atoms with E-state index in [1.165, 1.54) is 0 Å². The summed E-state index contributed by atoms with van der Waals surface area (Å²) in [6.07, 6.45) is 1.77. The molecule has 1 amide bonds. The fraction of sp³-hybridized carbons (Fsp3) is 0.231. The Hall–Kier alpha value is -2.14. The van der Waals surface area contributed by atoms with Crippen LogP contribution in [0.15, 0.2) is 36.5 Å². The molecule has 0 radical (unpaired) electrons. The molecule has 2 rings (SSSR count). The van der Waals surface area contributed by atoms with E-state index in [0.29, 0.717) is 12.1 Å². The Balaban J connectivity index is 1.92. The van der Waals surface area contributed by atoms with Gasteiger partial charge in [-0.05, 0) is 23.8 Å². The number of nitrogens with two attached hydrogens (primary N) is 1. The van der Waals surface area contributed by atoms with E-state index in [1.807, 2.05) is 29.9 Å². The Kier molecular flexibility index (Phi) is 3.74. The van der Waals surface area contributed by atoms with Gasteiger partial charge in [-0.1, -0.05) is 12.1 Å².